The number of piperidine rings is 1. The van der Waals surface area contributed by atoms with Gasteiger partial charge in [0.25, 0.3) is 0 Å². The van der Waals surface area contributed by atoms with Gasteiger partial charge >= 0.3 is 0 Å². The van der Waals surface area contributed by atoms with Crippen LogP contribution in [0, 0.1) is 0 Å². The van der Waals surface area contributed by atoms with Crippen LogP contribution in [0.1, 0.15) is 43.2 Å². The minimum absolute atomic E-state index is 0.636. The second-order valence-corrected chi connectivity index (χ2v) is 6.49. The Hall–Kier alpha value is -1.80. The molecule has 0 aliphatic carbocycles. The van der Waals surface area contributed by atoms with E-state index in [1.807, 2.05) is 6.07 Å². The van der Waals surface area contributed by atoms with Gasteiger partial charge < -0.3 is 9.64 Å². The molecule has 0 spiro atoms. The summed E-state index contributed by atoms with van der Waals surface area (Å²) >= 11 is 0. The van der Waals surface area contributed by atoms with Crippen LogP contribution in [0.15, 0.2) is 54.6 Å². The van der Waals surface area contributed by atoms with Crippen molar-refractivity contribution in [3.8, 4) is 5.75 Å². The first-order chi connectivity index (χ1) is 11.3. The minimum Gasteiger partial charge on any atom is -0.489 e. The van der Waals surface area contributed by atoms with E-state index < -0.39 is 0 Å². The van der Waals surface area contributed by atoms with E-state index in [-0.39, 0.29) is 0 Å². The number of hydrogen-bond acceptors (Lipinski definition) is 2. The van der Waals surface area contributed by atoms with Gasteiger partial charge in [0.15, 0.2) is 0 Å². The molecule has 0 amide bonds. The molecular formula is C21H27NO. The molecule has 23 heavy (non-hydrogen) atoms. The molecule has 0 radical (unpaired) electrons. The lowest BCUT2D eigenvalue weighted by Crippen LogP contribution is -2.34. The zero-order valence-electron chi connectivity index (χ0n) is 14.1. The third kappa shape index (κ3) is 4.59. The maximum Gasteiger partial charge on any atom is 0.120 e. The molecule has 0 bridgehead atoms. The standard InChI is InChI=1S/C21H27NO/c1-2-13-22-14-7-11-20(16-22)19-10-6-12-21(15-19)23-17-18-8-4-3-5-9-18/h3-6,8-10,12,15,20H,2,7,11,13-14,16-17H2,1H3/t20-/m1/s1. The molecule has 2 heteroatoms. The Morgan fingerprint density at radius 2 is 1.96 bits per heavy atom. The first-order valence-electron chi connectivity index (χ1n) is 8.84. The topological polar surface area (TPSA) is 12.5 Å². The molecule has 1 heterocycles. The maximum atomic E-state index is 5.98. The van der Waals surface area contributed by atoms with Gasteiger partial charge in [0.05, 0.1) is 0 Å². The van der Waals surface area contributed by atoms with Crippen molar-refractivity contribution in [2.24, 2.45) is 0 Å². The minimum atomic E-state index is 0.636. The van der Waals surface area contributed by atoms with Crippen LogP contribution in [0.4, 0.5) is 0 Å². The van der Waals surface area contributed by atoms with Crippen LogP contribution in [-0.2, 0) is 6.61 Å². The number of rotatable bonds is 6. The third-order valence-corrected chi connectivity index (χ3v) is 4.62. The summed E-state index contributed by atoms with van der Waals surface area (Å²) in [6, 6.07) is 19.1. The number of benzene rings is 2. The highest BCUT2D eigenvalue weighted by Gasteiger charge is 2.20. The molecule has 1 fully saturated rings. The fraction of sp³-hybridized carbons (Fsp3) is 0.429. The van der Waals surface area contributed by atoms with E-state index in [4.69, 9.17) is 4.74 Å². The first-order valence-corrected chi connectivity index (χ1v) is 8.84. The molecule has 2 aromatic rings. The second kappa shape index (κ2) is 8.16. The maximum absolute atomic E-state index is 5.98. The Labute approximate surface area is 140 Å². The Balaban J connectivity index is 1.62. The lowest BCUT2D eigenvalue weighted by Gasteiger charge is -2.32. The van der Waals surface area contributed by atoms with Gasteiger partial charge in [-0.2, -0.15) is 0 Å². The lowest BCUT2D eigenvalue weighted by molar-refractivity contribution is 0.208. The van der Waals surface area contributed by atoms with Crippen LogP contribution in [-0.4, -0.2) is 24.5 Å². The molecule has 0 unspecified atom stereocenters. The van der Waals surface area contributed by atoms with Crippen LogP contribution in [0.2, 0.25) is 0 Å². The van der Waals surface area contributed by atoms with Crippen LogP contribution in [0.3, 0.4) is 0 Å². The largest absolute Gasteiger partial charge is 0.489 e. The second-order valence-electron chi connectivity index (χ2n) is 6.49. The first kappa shape index (κ1) is 16.1. The summed E-state index contributed by atoms with van der Waals surface area (Å²) in [4.78, 5) is 2.60. The van der Waals surface area contributed by atoms with E-state index in [1.54, 1.807) is 0 Å². The normalized spacial score (nSPS) is 18.7. The summed E-state index contributed by atoms with van der Waals surface area (Å²) in [5.74, 6) is 1.63. The lowest BCUT2D eigenvalue weighted by atomic mass is 9.90. The molecule has 3 rings (SSSR count). The summed E-state index contributed by atoms with van der Waals surface area (Å²) in [6.45, 7) is 6.57. The van der Waals surface area contributed by atoms with Gasteiger partial charge in [-0.3, -0.25) is 0 Å². The summed E-state index contributed by atoms with van der Waals surface area (Å²) in [7, 11) is 0. The zero-order chi connectivity index (χ0) is 15.9. The molecule has 1 aliphatic heterocycles. The summed E-state index contributed by atoms with van der Waals surface area (Å²) in [5.41, 5.74) is 2.64. The number of ether oxygens (including phenoxy) is 1. The van der Waals surface area contributed by atoms with Crippen molar-refractivity contribution in [2.75, 3.05) is 19.6 Å². The summed E-state index contributed by atoms with van der Waals surface area (Å²) in [5, 5.41) is 0. The smallest absolute Gasteiger partial charge is 0.120 e. The van der Waals surface area contributed by atoms with Gasteiger partial charge in [-0.15, -0.1) is 0 Å². The summed E-state index contributed by atoms with van der Waals surface area (Å²) in [6.07, 6.45) is 3.84. The number of nitrogens with zero attached hydrogens (tertiary/aromatic N) is 1. The van der Waals surface area contributed by atoms with Crippen molar-refractivity contribution >= 4 is 0 Å². The van der Waals surface area contributed by atoms with Gasteiger partial charge in [-0.05, 0) is 61.5 Å². The Bertz CT molecular complexity index is 594. The molecule has 0 aromatic heterocycles. The van der Waals surface area contributed by atoms with E-state index in [0.717, 1.165) is 5.75 Å². The van der Waals surface area contributed by atoms with E-state index in [2.05, 4.69) is 60.4 Å². The van der Waals surface area contributed by atoms with E-state index in [0.29, 0.717) is 12.5 Å². The molecule has 122 valence electrons. The Kier molecular flexibility index (Phi) is 5.71. The van der Waals surface area contributed by atoms with Gasteiger partial charge in [0.1, 0.15) is 12.4 Å². The highest BCUT2D eigenvalue weighted by molar-refractivity contribution is 5.31. The van der Waals surface area contributed by atoms with Gasteiger partial charge in [-0.25, -0.2) is 0 Å². The molecule has 1 saturated heterocycles. The fourth-order valence-corrected chi connectivity index (χ4v) is 3.45. The van der Waals surface area contributed by atoms with Crippen molar-refractivity contribution in [3.63, 3.8) is 0 Å². The van der Waals surface area contributed by atoms with Gasteiger partial charge in [-0.1, -0.05) is 49.4 Å². The van der Waals surface area contributed by atoms with E-state index in [1.165, 1.54) is 50.0 Å². The molecule has 0 saturated carbocycles. The predicted octanol–water partition coefficient (Wildman–Crippen LogP) is 4.86. The number of hydrogen-bond donors (Lipinski definition) is 0. The van der Waals surface area contributed by atoms with Crippen molar-refractivity contribution < 1.29 is 4.74 Å². The van der Waals surface area contributed by atoms with Crippen molar-refractivity contribution in [1.29, 1.82) is 0 Å². The zero-order valence-corrected chi connectivity index (χ0v) is 14.1. The highest BCUT2D eigenvalue weighted by Crippen LogP contribution is 2.29. The monoisotopic (exact) mass is 309 g/mol. The third-order valence-electron chi connectivity index (χ3n) is 4.62. The van der Waals surface area contributed by atoms with E-state index >= 15 is 0 Å². The van der Waals surface area contributed by atoms with Crippen LogP contribution < -0.4 is 4.74 Å². The van der Waals surface area contributed by atoms with Crippen LogP contribution in [0.5, 0.6) is 5.75 Å². The highest BCUT2D eigenvalue weighted by atomic mass is 16.5. The van der Waals surface area contributed by atoms with Crippen LogP contribution >= 0.6 is 0 Å². The average Bonchev–Trinajstić information content (AvgIpc) is 2.62. The molecular weight excluding hydrogens is 282 g/mol. The van der Waals surface area contributed by atoms with E-state index in [9.17, 15) is 0 Å². The van der Waals surface area contributed by atoms with Crippen molar-refractivity contribution in [3.05, 3.63) is 65.7 Å². The average molecular weight is 309 g/mol. The Morgan fingerprint density at radius 1 is 1.09 bits per heavy atom. The van der Waals surface area contributed by atoms with Crippen molar-refractivity contribution in [1.82, 2.24) is 4.90 Å². The molecule has 2 aromatic carbocycles. The van der Waals surface area contributed by atoms with Crippen LogP contribution in [0.25, 0.3) is 0 Å². The van der Waals surface area contributed by atoms with Gasteiger partial charge in [0.2, 0.25) is 0 Å². The molecule has 1 aliphatic rings. The molecule has 2 nitrogen and oxygen atoms in total. The summed E-state index contributed by atoms with van der Waals surface area (Å²) < 4.78 is 5.98. The van der Waals surface area contributed by atoms with Crippen molar-refractivity contribution in [2.45, 2.75) is 38.7 Å². The number of likely N-dealkylation sites (tertiary alicyclic amines) is 1. The van der Waals surface area contributed by atoms with Gasteiger partial charge in [0, 0.05) is 6.54 Å². The SMILES string of the molecule is CCCN1CCC[C@@H](c2cccc(OCc3ccccc3)c2)C1. The fourth-order valence-electron chi connectivity index (χ4n) is 3.45. The molecule has 0 N–H and O–H groups in total. The predicted molar refractivity (Wildman–Crippen MR) is 95.9 cm³/mol. The molecule has 1 atom stereocenters. The quantitative estimate of drug-likeness (QED) is 0.756. The Morgan fingerprint density at radius 3 is 2.78 bits per heavy atom.